The lowest BCUT2D eigenvalue weighted by atomic mass is 9.89. The fraction of sp³-hybridized carbons (Fsp3) is 0.138. The van der Waals surface area contributed by atoms with Crippen molar-refractivity contribution in [1.82, 2.24) is 9.97 Å². The normalized spacial score (nSPS) is 11.4. The molecule has 0 saturated carbocycles. The molecule has 10 rings (SSSR count). The van der Waals surface area contributed by atoms with Crippen molar-refractivity contribution in [2.45, 2.75) is 0 Å². The molecule has 8 aromatic carbocycles. The van der Waals surface area contributed by atoms with Gasteiger partial charge < -0.3 is 37.9 Å². The Morgan fingerprint density at radius 3 is 1.04 bits per heavy atom. The Hall–Kier alpha value is -7.86. The van der Waals surface area contributed by atoms with Crippen molar-refractivity contribution in [3.63, 3.8) is 0 Å². The van der Waals surface area contributed by atoms with Crippen molar-refractivity contribution in [2.75, 3.05) is 55.6 Å². The number of ether oxygens (including phenoxy) is 8. The molecule has 0 aliphatic carbocycles. The van der Waals surface area contributed by atoms with Gasteiger partial charge >= 0.3 is 0 Å². The van der Waals surface area contributed by atoms with Gasteiger partial charge in [-0.2, -0.15) is 0 Å². The maximum absolute atomic E-state index is 6.65. The topological polar surface area (TPSA) is 99.6 Å². The van der Waals surface area contributed by atoms with Gasteiger partial charge in [-0.05, 0) is 91.6 Å². The standard InChI is InChI=1S/C58H48N2O8/c1-61-33-65-51-29-27-37-15-5-9-19-41(37)53(51)55-43-21-11-7-17-39(43)31-45(57(55)67-35-63-3)47-23-13-25-49(59-47)50-26-14-24-48(60-50)46-32-40-18-8-12-22-44(40)56(58(46)68-36-64-4)54-42-20-10-6-16-38(42)28-30-52(54)66-34-62-2/h5-32H,33-36H2,1-4H3. The molecule has 0 N–H and O–H groups in total. The molecule has 0 radical (unpaired) electrons. The molecule has 10 nitrogen and oxygen atoms in total. The van der Waals surface area contributed by atoms with E-state index in [0.29, 0.717) is 45.8 Å². The van der Waals surface area contributed by atoms with Gasteiger partial charge in [0.25, 0.3) is 0 Å². The summed E-state index contributed by atoms with van der Waals surface area (Å²) >= 11 is 0. The van der Waals surface area contributed by atoms with Gasteiger partial charge in [0.15, 0.2) is 27.2 Å². The summed E-state index contributed by atoms with van der Waals surface area (Å²) in [4.78, 5) is 10.7. The Labute approximate surface area is 394 Å². The minimum absolute atomic E-state index is 0.000651. The number of nitrogens with zero attached hydrogens (tertiary/aromatic N) is 2. The Kier molecular flexibility index (Phi) is 12.9. The number of hydrogen-bond donors (Lipinski definition) is 0. The van der Waals surface area contributed by atoms with Crippen LogP contribution < -0.4 is 18.9 Å². The lowest BCUT2D eigenvalue weighted by Gasteiger charge is -2.22. The van der Waals surface area contributed by atoms with Crippen LogP contribution in [-0.4, -0.2) is 65.6 Å². The third-order valence-corrected chi connectivity index (χ3v) is 11.9. The summed E-state index contributed by atoms with van der Waals surface area (Å²) in [7, 11) is 6.46. The summed E-state index contributed by atoms with van der Waals surface area (Å²) < 4.78 is 47.8. The Morgan fingerprint density at radius 1 is 0.309 bits per heavy atom. The zero-order chi connectivity index (χ0) is 46.4. The first-order valence-electron chi connectivity index (χ1n) is 22.2. The van der Waals surface area contributed by atoms with Crippen LogP contribution in [0.25, 0.3) is 99.2 Å². The van der Waals surface area contributed by atoms with Crippen LogP contribution in [0, 0.1) is 0 Å². The fourth-order valence-corrected chi connectivity index (χ4v) is 9.03. The molecule has 0 amide bonds. The maximum atomic E-state index is 6.65. The largest absolute Gasteiger partial charge is 0.467 e. The number of pyridine rings is 2. The van der Waals surface area contributed by atoms with Gasteiger partial charge in [-0.3, -0.25) is 0 Å². The quantitative estimate of drug-likeness (QED) is 0.0821. The molecule has 0 spiro atoms. The van der Waals surface area contributed by atoms with E-state index < -0.39 is 0 Å². The average Bonchev–Trinajstić information content (AvgIpc) is 3.39. The van der Waals surface area contributed by atoms with E-state index in [2.05, 4.69) is 72.8 Å². The van der Waals surface area contributed by atoms with Crippen LogP contribution in [-0.2, 0) is 18.9 Å². The van der Waals surface area contributed by atoms with E-state index in [-0.39, 0.29) is 27.2 Å². The number of benzene rings is 8. The number of fused-ring (bicyclic) bond motifs is 4. The second-order valence-corrected chi connectivity index (χ2v) is 16.0. The number of rotatable bonds is 17. The van der Waals surface area contributed by atoms with Crippen LogP contribution in [0.5, 0.6) is 23.0 Å². The Bertz CT molecular complexity index is 3220. The highest BCUT2D eigenvalue weighted by atomic mass is 16.7. The lowest BCUT2D eigenvalue weighted by Crippen LogP contribution is -2.06. The molecular formula is C58H48N2O8. The molecule has 0 aliphatic rings. The molecule has 338 valence electrons. The molecule has 2 aromatic heterocycles. The summed E-state index contributed by atoms with van der Waals surface area (Å²) in [5.41, 5.74) is 7.69. The van der Waals surface area contributed by atoms with E-state index in [1.807, 2.05) is 97.1 Å². The first-order valence-corrected chi connectivity index (χ1v) is 22.2. The van der Waals surface area contributed by atoms with Gasteiger partial charge in [-0.1, -0.05) is 121 Å². The molecule has 68 heavy (non-hydrogen) atoms. The van der Waals surface area contributed by atoms with E-state index in [0.717, 1.165) is 76.5 Å². The summed E-state index contributed by atoms with van der Waals surface area (Å²) in [6, 6.07) is 57.3. The van der Waals surface area contributed by atoms with Gasteiger partial charge in [0, 0.05) is 61.8 Å². The van der Waals surface area contributed by atoms with E-state index >= 15 is 0 Å². The van der Waals surface area contributed by atoms with Crippen molar-refractivity contribution in [3.8, 4) is 79.2 Å². The molecule has 2 heterocycles. The number of aromatic nitrogens is 2. The van der Waals surface area contributed by atoms with E-state index in [1.165, 1.54) is 0 Å². The fourth-order valence-electron chi connectivity index (χ4n) is 9.03. The SMILES string of the molecule is COCOc1ccc2ccccc2c1-c1c(OCOC)c(-c2cccc(-c3cccc(-c4cc5ccccc5c(-c5c(OCOC)ccc6ccccc56)c4OCOC)n3)n2)cc2ccccc12. The average molecular weight is 901 g/mol. The predicted octanol–water partition coefficient (Wildman–Crippen LogP) is 13.4. The molecule has 0 saturated heterocycles. The first kappa shape index (κ1) is 44.0. The van der Waals surface area contributed by atoms with Crippen LogP contribution in [0.4, 0.5) is 0 Å². The summed E-state index contributed by atoms with van der Waals surface area (Å²) in [6.07, 6.45) is 0. The lowest BCUT2D eigenvalue weighted by molar-refractivity contribution is 0.0504. The molecular weight excluding hydrogens is 853 g/mol. The van der Waals surface area contributed by atoms with Gasteiger partial charge in [-0.15, -0.1) is 0 Å². The van der Waals surface area contributed by atoms with Crippen molar-refractivity contribution < 1.29 is 37.9 Å². The Balaban J connectivity index is 1.17. The van der Waals surface area contributed by atoms with E-state index in [9.17, 15) is 0 Å². The van der Waals surface area contributed by atoms with E-state index in [1.54, 1.807) is 28.4 Å². The van der Waals surface area contributed by atoms with E-state index in [4.69, 9.17) is 47.9 Å². The third kappa shape index (κ3) is 8.42. The molecule has 0 atom stereocenters. The highest BCUT2D eigenvalue weighted by Crippen LogP contribution is 2.51. The molecule has 0 fully saturated rings. The third-order valence-electron chi connectivity index (χ3n) is 11.9. The monoisotopic (exact) mass is 900 g/mol. The van der Waals surface area contributed by atoms with Crippen LogP contribution in [0.15, 0.2) is 170 Å². The van der Waals surface area contributed by atoms with Gasteiger partial charge in [0.05, 0.1) is 22.8 Å². The van der Waals surface area contributed by atoms with Crippen LogP contribution in [0.2, 0.25) is 0 Å². The number of hydrogen-bond acceptors (Lipinski definition) is 10. The smallest absolute Gasteiger partial charge is 0.188 e. The van der Waals surface area contributed by atoms with Crippen molar-refractivity contribution in [1.29, 1.82) is 0 Å². The molecule has 0 bridgehead atoms. The molecule has 0 unspecified atom stereocenters. The van der Waals surface area contributed by atoms with Crippen molar-refractivity contribution in [2.24, 2.45) is 0 Å². The van der Waals surface area contributed by atoms with Crippen LogP contribution in [0.3, 0.4) is 0 Å². The molecule has 0 aliphatic heterocycles. The molecule has 10 aromatic rings. The van der Waals surface area contributed by atoms with Gasteiger partial charge in [-0.25, -0.2) is 9.97 Å². The minimum atomic E-state index is 0.000651. The zero-order valence-electron chi connectivity index (χ0n) is 38.2. The van der Waals surface area contributed by atoms with Crippen molar-refractivity contribution in [3.05, 3.63) is 170 Å². The van der Waals surface area contributed by atoms with Crippen LogP contribution in [0.1, 0.15) is 0 Å². The van der Waals surface area contributed by atoms with Crippen molar-refractivity contribution >= 4 is 43.1 Å². The van der Waals surface area contributed by atoms with Crippen LogP contribution >= 0.6 is 0 Å². The Morgan fingerprint density at radius 2 is 0.647 bits per heavy atom. The second kappa shape index (κ2) is 19.9. The summed E-state index contributed by atoms with van der Waals surface area (Å²) in [6.45, 7) is 0.141. The summed E-state index contributed by atoms with van der Waals surface area (Å²) in [5, 5.41) is 8.06. The van der Waals surface area contributed by atoms with Gasteiger partial charge in [0.1, 0.15) is 23.0 Å². The highest BCUT2D eigenvalue weighted by molar-refractivity contribution is 6.13. The van der Waals surface area contributed by atoms with Gasteiger partial charge in [0.2, 0.25) is 0 Å². The second-order valence-electron chi connectivity index (χ2n) is 16.0. The highest BCUT2D eigenvalue weighted by Gasteiger charge is 2.26. The minimum Gasteiger partial charge on any atom is -0.467 e. The maximum Gasteiger partial charge on any atom is 0.188 e. The summed E-state index contributed by atoms with van der Waals surface area (Å²) in [5.74, 6) is 2.51. The number of methoxy groups -OCH3 is 4. The molecule has 10 heteroatoms. The predicted molar refractivity (Wildman–Crippen MR) is 269 cm³/mol. The zero-order valence-corrected chi connectivity index (χ0v) is 38.2. The first-order chi connectivity index (χ1) is 33.6.